The van der Waals surface area contributed by atoms with Crippen molar-refractivity contribution in [3.63, 3.8) is 0 Å². The highest BCUT2D eigenvalue weighted by atomic mass is 16.2. The number of hydrogen-bond donors (Lipinski definition) is 3. The van der Waals surface area contributed by atoms with E-state index < -0.39 is 0 Å². The summed E-state index contributed by atoms with van der Waals surface area (Å²) < 4.78 is 1.73. The van der Waals surface area contributed by atoms with Crippen molar-refractivity contribution in [3.05, 3.63) is 89.3 Å². The molecule has 3 aromatic carbocycles. The summed E-state index contributed by atoms with van der Waals surface area (Å²) in [5.41, 5.74) is 4.66. The van der Waals surface area contributed by atoms with E-state index >= 15 is 0 Å². The number of amides is 1. The molecule has 0 saturated carbocycles. The largest absolute Gasteiger partial charge is 0.326 e. The van der Waals surface area contributed by atoms with Gasteiger partial charge in [0.1, 0.15) is 0 Å². The summed E-state index contributed by atoms with van der Waals surface area (Å²) in [7, 11) is 0. The lowest BCUT2D eigenvalue weighted by molar-refractivity contribution is -0.115. The van der Waals surface area contributed by atoms with Crippen LogP contribution in [-0.4, -0.2) is 28.5 Å². The molecule has 1 amide bonds. The zero-order valence-electron chi connectivity index (χ0n) is 16.6. The quantitative estimate of drug-likeness (QED) is 0.395. The number of H-pyrrole nitrogens is 1. The minimum atomic E-state index is -0.104. The predicted octanol–water partition coefficient (Wildman–Crippen LogP) is 3.62. The fourth-order valence-corrected chi connectivity index (χ4v) is 3.47. The van der Waals surface area contributed by atoms with Crippen molar-refractivity contribution in [1.29, 1.82) is 0 Å². The lowest BCUT2D eigenvalue weighted by atomic mass is 10.1. The van der Waals surface area contributed by atoms with Crippen LogP contribution in [0.5, 0.6) is 0 Å². The highest BCUT2D eigenvalue weighted by Gasteiger charge is 2.06. The van der Waals surface area contributed by atoms with Crippen molar-refractivity contribution in [1.82, 2.24) is 14.9 Å². The summed E-state index contributed by atoms with van der Waals surface area (Å²) in [6.45, 7) is 1.47. The molecule has 0 aliphatic heterocycles. The van der Waals surface area contributed by atoms with Crippen LogP contribution in [0.3, 0.4) is 0 Å². The molecule has 0 unspecified atom stereocenters. The molecule has 0 bridgehead atoms. The zero-order valence-corrected chi connectivity index (χ0v) is 16.6. The summed E-state index contributed by atoms with van der Waals surface area (Å²) in [6.07, 6.45) is 0.751. The van der Waals surface area contributed by atoms with Crippen LogP contribution < -0.4 is 16.3 Å². The summed E-state index contributed by atoms with van der Waals surface area (Å²) in [4.78, 5) is 27.1. The Kier molecular flexibility index (Phi) is 6.06. The number of nitrogens with zero attached hydrogens (tertiary/aromatic N) is 1. The van der Waals surface area contributed by atoms with E-state index in [-0.39, 0.29) is 18.1 Å². The second-order valence-electron chi connectivity index (χ2n) is 7.12. The van der Waals surface area contributed by atoms with Gasteiger partial charge in [0.15, 0.2) is 0 Å². The molecule has 4 aromatic rings. The summed E-state index contributed by atoms with van der Waals surface area (Å²) in [5, 5.41) is 6.03. The second kappa shape index (κ2) is 9.24. The number of hydrogen-bond acceptors (Lipinski definition) is 3. The molecule has 0 saturated heterocycles. The SMILES string of the molecule is O=C(CNCCCn1c(=O)[nH]c2ccccc21)Nc1ccc(-c2ccccc2)cc1. The number of aryl methyl sites for hydroxylation is 1. The van der Waals surface area contributed by atoms with Gasteiger partial charge in [0, 0.05) is 12.2 Å². The van der Waals surface area contributed by atoms with Gasteiger partial charge in [0.05, 0.1) is 17.6 Å². The third-order valence-electron chi connectivity index (χ3n) is 4.98. The minimum Gasteiger partial charge on any atom is -0.325 e. The van der Waals surface area contributed by atoms with Gasteiger partial charge in [-0.2, -0.15) is 0 Å². The Hall–Kier alpha value is -3.64. The average molecular weight is 400 g/mol. The number of carbonyl (C=O) groups excluding carboxylic acids is 1. The van der Waals surface area contributed by atoms with Crippen LogP contribution in [-0.2, 0) is 11.3 Å². The molecule has 1 heterocycles. The minimum absolute atomic E-state index is 0.0910. The number of para-hydroxylation sites is 2. The van der Waals surface area contributed by atoms with E-state index in [1.807, 2.05) is 66.7 Å². The maximum absolute atomic E-state index is 12.2. The zero-order chi connectivity index (χ0) is 20.8. The molecule has 1 aromatic heterocycles. The van der Waals surface area contributed by atoms with E-state index in [1.165, 1.54) is 0 Å². The van der Waals surface area contributed by atoms with Gasteiger partial charge < -0.3 is 15.6 Å². The maximum Gasteiger partial charge on any atom is 0.326 e. The monoisotopic (exact) mass is 400 g/mol. The predicted molar refractivity (Wildman–Crippen MR) is 121 cm³/mol. The van der Waals surface area contributed by atoms with Crippen LogP contribution in [0.1, 0.15) is 6.42 Å². The van der Waals surface area contributed by atoms with Crippen LogP contribution in [0.4, 0.5) is 5.69 Å². The van der Waals surface area contributed by atoms with Crippen LogP contribution in [0.15, 0.2) is 83.7 Å². The van der Waals surface area contributed by atoms with Gasteiger partial charge >= 0.3 is 5.69 Å². The van der Waals surface area contributed by atoms with Crippen molar-refractivity contribution in [2.75, 3.05) is 18.4 Å². The van der Waals surface area contributed by atoms with Crippen LogP contribution in [0, 0.1) is 0 Å². The van der Waals surface area contributed by atoms with Gasteiger partial charge in [-0.1, -0.05) is 54.6 Å². The first-order valence-corrected chi connectivity index (χ1v) is 10.0. The smallest absolute Gasteiger partial charge is 0.325 e. The van der Waals surface area contributed by atoms with Gasteiger partial charge in [-0.05, 0) is 48.4 Å². The van der Waals surface area contributed by atoms with E-state index in [2.05, 4.69) is 27.8 Å². The lowest BCUT2D eigenvalue weighted by Crippen LogP contribution is -2.29. The third-order valence-corrected chi connectivity index (χ3v) is 4.98. The first kappa shape index (κ1) is 19.7. The molecular formula is C24H24N4O2. The molecular weight excluding hydrogens is 376 g/mol. The lowest BCUT2D eigenvalue weighted by Gasteiger charge is -2.08. The van der Waals surface area contributed by atoms with Crippen molar-refractivity contribution >= 4 is 22.6 Å². The van der Waals surface area contributed by atoms with Crippen LogP contribution in [0.25, 0.3) is 22.2 Å². The van der Waals surface area contributed by atoms with Crippen molar-refractivity contribution < 1.29 is 4.79 Å². The van der Waals surface area contributed by atoms with E-state index in [1.54, 1.807) is 4.57 Å². The van der Waals surface area contributed by atoms with Gasteiger partial charge in [0.25, 0.3) is 0 Å². The van der Waals surface area contributed by atoms with E-state index in [9.17, 15) is 9.59 Å². The van der Waals surface area contributed by atoms with Gasteiger partial charge in [-0.25, -0.2) is 4.79 Å². The van der Waals surface area contributed by atoms with Crippen molar-refractivity contribution in [2.45, 2.75) is 13.0 Å². The first-order valence-electron chi connectivity index (χ1n) is 10.0. The Morgan fingerprint density at radius 2 is 1.57 bits per heavy atom. The average Bonchev–Trinajstić information content (AvgIpc) is 3.10. The molecule has 6 heteroatoms. The molecule has 0 radical (unpaired) electrons. The molecule has 4 rings (SSSR count). The standard InChI is InChI=1S/C24H24N4O2/c29-23(26-20-13-11-19(12-14-20)18-7-2-1-3-8-18)17-25-15-6-16-28-22-10-5-4-9-21(22)27-24(28)30/h1-5,7-14,25H,6,15-17H2,(H,26,29)(H,27,30). The summed E-state index contributed by atoms with van der Waals surface area (Å²) >= 11 is 0. The number of nitrogens with one attached hydrogen (secondary N) is 3. The number of aromatic amines is 1. The Morgan fingerprint density at radius 1 is 0.867 bits per heavy atom. The Bertz CT molecular complexity index is 1180. The summed E-state index contributed by atoms with van der Waals surface area (Å²) in [6, 6.07) is 25.6. The number of imidazole rings is 1. The normalized spacial score (nSPS) is 10.9. The molecule has 6 nitrogen and oxygen atoms in total. The topological polar surface area (TPSA) is 78.9 Å². The first-order chi connectivity index (χ1) is 14.7. The molecule has 3 N–H and O–H groups in total. The summed E-state index contributed by atoms with van der Waals surface area (Å²) in [5.74, 6) is -0.0910. The van der Waals surface area contributed by atoms with E-state index in [0.29, 0.717) is 13.1 Å². The Labute approximate surface area is 174 Å². The highest BCUT2D eigenvalue weighted by Crippen LogP contribution is 2.20. The molecule has 0 spiro atoms. The molecule has 152 valence electrons. The number of carbonyl (C=O) groups is 1. The molecule has 0 fully saturated rings. The molecule has 30 heavy (non-hydrogen) atoms. The van der Waals surface area contributed by atoms with Crippen molar-refractivity contribution in [2.24, 2.45) is 0 Å². The van der Waals surface area contributed by atoms with Crippen LogP contribution in [0.2, 0.25) is 0 Å². The van der Waals surface area contributed by atoms with Crippen molar-refractivity contribution in [3.8, 4) is 11.1 Å². The number of fused-ring (bicyclic) bond motifs is 1. The molecule has 0 aliphatic carbocycles. The molecule has 0 aliphatic rings. The Balaban J connectivity index is 1.21. The van der Waals surface area contributed by atoms with Crippen LogP contribution >= 0.6 is 0 Å². The fraction of sp³-hybridized carbons (Fsp3) is 0.167. The van der Waals surface area contributed by atoms with Gasteiger partial charge in [-0.3, -0.25) is 9.36 Å². The number of aromatic nitrogens is 2. The highest BCUT2D eigenvalue weighted by molar-refractivity contribution is 5.92. The van der Waals surface area contributed by atoms with Gasteiger partial charge in [-0.15, -0.1) is 0 Å². The maximum atomic E-state index is 12.2. The number of anilines is 1. The van der Waals surface area contributed by atoms with E-state index in [4.69, 9.17) is 0 Å². The fourth-order valence-electron chi connectivity index (χ4n) is 3.47. The third kappa shape index (κ3) is 4.67. The second-order valence-corrected chi connectivity index (χ2v) is 7.12. The van der Waals surface area contributed by atoms with Gasteiger partial charge in [0.2, 0.25) is 5.91 Å². The number of benzene rings is 3. The number of rotatable bonds is 8. The molecule has 0 atom stereocenters. The Morgan fingerprint density at radius 3 is 2.37 bits per heavy atom. The van der Waals surface area contributed by atoms with E-state index in [0.717, 1.165) is 34.3 Å².